The third-order valence-corrected chi connectivity index (χ3v) is 8.94. The lowest BCUT2D eigenvalue weighted by molar-refractivity contribution is -0.136. The second-order valence-corrected chi connectivity index (χ2v) is 10.2. The summed E-state index contributed by atoms with van der Waals surface area (Å²) in [6.45, 7) is 3.44. The molecule has 4 aliphatic rings. The molecule has 4 nitrogen and oxygen atoms in total. The first-order chi connectivity index (χ1) is 14.4. The van der Waals surface area contributed by atoms with E-state index in [0.717, 1.165) is 37.7 Å². The van der Waals surface area contributed by atoms with Crippen LogP contribution in [0.25, 0.3) is 0 Å². The molecule has 1 N–H and O–H groups in total. The Morgan fingerprint density at radius 3 is 2.83 bits per heavy atom. The minimum absolute atomic E-state index is 0.0766. The zero-order valence-electron chi connectivity index (χ0n) is 18.0. The van der Waals surface area contributed by atoms with Crippen LogP contribution in [0.3, 0.4) is 0 Å². The molecule has 0 spiro atoms. The monoisotopic (exact) mass is 413 g/mol. The summed E-state index contributed by atoms with van der Waals surface area (Å²) in [5.74, 6) is 1.79. The molecule has 30 heavy (non-hydrogen) atoms. The molecule has 1 aliphatic heterocycles. The Labute approximate surface area is 177 Å². The Bertz CT molecular complexity index is 866. The summed E-state index contributed by atoms with van der Waals surface area (Å²) in [4.78, 5) is 25.8. The fourth-order valence-electron chi connectivity index (χ4n) is 7.36. The first-order valence-corrected chi connectivity index (χ1v) is 11.5. The Balaban J connectivity index is 1.46. The van der Waals surface area contributed by atoms with E-state index in [1.54, 1.807) is 13.1 Å². The zero-order valence-corrected chi connectivity index (χ0v) is 18.0. The van der Waals surface area contributed by atoms with Gasteiger partial charge in [-0.15, -0.1) is 0 Å². The van der Waals surface area contributed by atoms with E-state index in [4.69, 9.17) is 4.74 Å². The SMILES string of the molecule is CNC(=O)C(CC1CC(=O)[C@@]2(C)CCC3c4cccc(F)c4CCC3C12)C1COC1. The first-order valence-electron chi connectivity index (χ1n) is 11.5. The van der Waals surface area contributed by atoms with Crippen LogP contribution in [0, 0.1) is 40.8 Å². The molecule has 0 bridgehead atoms. The summed E-state index contributed by atoms with van der Waals surface area (Å²) in [5.41, 5.74) is 1.76. The number of benzene rings is 1. The lowest BCUT2D eigenvalue weighted by Gasteiger charge is -2.50. The van der Waals surface area contributed by atoms with Gasteiger partial charge in [-0.25, -0.2) is 4.39 Å². The van der Waals surface area contributed by atoms with Crippen molar-refractivity contribution in [2.45, 2.75) is 51.4 Å². The van der Waals surface area contributed by atoms with Gasteiger partial charge in [-0.05, 0) is 73.0 Å². The highest BCUT2D eigenvalue weighted by atomic mass is 19.1. The maximum atomic E-state index is 14.4. The van der Waals surface area contributed by atoms with E-state index in [2.05, 4.69) is 18.3 Å². The average Bonchev–Trinajstić information content (AvgIpc) is 2.95. The average molecular weight is 414 g/mol. The predicted molar refractivity (Wildman–Crippen MR) is 111 cm³/mol. The van der Waals surface area contributed by atoms with Crippen LogP contribution in [-0.4, -0.2) is 32.0 Å². The van der Waals surface area contributed by atoms with Gasteiger partial charge in [0, 0.05) is 30.7 Å². The molecule has 3 aliphatic carbocycles. The van der Waals surface area contributed by atoms with E-state index in [1.165, 1.54) is 5.56 Å². The van der Waals surface area contributed by atoms with Gasteiger partial charge < -0.3 is 10.1 Å². The number of nitrogens with one attached hydrogen (secondary N) is 1. The molecule has 3 fully saturated rings. The van der Waals surface area contributed by atoms with Crippen LogP contribution in [0.15, 0.2) is 18.2 Å². The van der Waals surface area contributed by atoms with E-state index in [0.29, 0.717) is 37.3 Å². The molecular weight excluding hydrogens is 381 g/mol. The van der Waals surface area contributed by atoms with Crippen molar-refractivity contribution in [2.24, 2.45) is 35.0 Å². The number of ether oxygens (including phenoxy) is 1. The largest absolute Gasteiger partial charge is 0.381 e. The van der Waals surface area contributed by atoms with Gasteiger partial charge in [0.25, 0.3) is 0 Å². The van der Waals surface area contributed by atoms with E-state index >= 15 is 0 Å². The molecule has 2 saturated carbocycles. The van der Waals surface area contributed by atoms with Crippen LogP contribution < -0.4 is 5.32 Å². The van der Waals surface area contributed by atoms with Crippen molar-refractivity contribution in [3.8, 4) is 0 Å². The third-order valence-electron chi connectivity index (χ3n) is 8.94. The Morgan fingerprint density at radius 2 is 2.13 bits per heavy atom. The number of ketones is 1. The molecule has 0 radical (unpaired) electrons. The number of fused-ring (bicyclic) bond motifs is 5. The van der Waals surface area contributed by atoms with Crippen LogP contribution in [0.5, 0.6) is 0 Å². The van der Waals surface area contributed by atoms with Crippen LogP contribution in [0.4, 0.5) is 4.39 Å². The van der Waals surface area contributed by atoms with E-state index < -0.39 is 0 Å². The summed E-state index contributed by atoms with van der Waals surface area (Å²) in [5, 5.41) is 2.84. The van der Waals surface area contributed by atoms with Crippen molar-refractivity contribution in [1.82, 2.24) is 5.32 Å². The lowest BCUT2D eigenvalue weighted by atomic mass is 9.53. The molecule has 6 atom stereocenters. The highest BCUT2D eigenvalue weighted by molar-refractivity contribution is 5.88. The van der Waals surface area contributed by atoms with Gasteiger partial charge in [0.1, 0.15) is 11.6 Å². The molecule has 1 aromatic carbocycles. The quantitative estimate of drug-likeness (QED) is 0.815. The van der Waals surface area contributed by atoms with Gasteiger partial charge in [0.05, 0.1) is 13.2 Å². The summed E-state index contributed by atoms with van der Waals surface area (Å²) >= 11 is 0. The summed E-state index contributed by atoms with van der Waals surface area (Å²) in [7, 11) is 1.70. The number of amides is 1. The molecule has 5 heteroatoms. The second kappa shape index (κ2) is 7.44. The zero-order chi connectivity index (χ0) is 21.0. The Morgan fingerprint density at radius 1 is 1.33 bits per heavy atom. The molecule has 1 aromatic rings. The van der Waals surface area contributed by atoms with Gasteiger partial charge in [-0.3, -0.25) is 9.59 Å². The van der Waals surface area contributed by atoms with Crippen LogP contribution >= 0.6 is 0 Å². The number of carbonyl (C=O) groups excluding carboxylic acids is 2. The molecule has 0 aromatic heterocycles. The highest BCUT2D eigenvalue weighted by Crippen LogP contribution is 2.62. The molecule has 162 valence electrons. The normalized spacial score (nSPS) is 36.3. The number of hydrogen-bond acceptors (Lipinski definition) is 3. The van der Waals surface area contributed by atoms with Crippen LogP contribution in [-0.2, 0) is 20.7 Å². The number of carbonyl (C=O) groups is 2. The standard InChI is InChI=1S/C25H32FNO3/c1-25-9-8-17-16-4-3-5-21(26)18(16)6-7-19(17)23(25)14(11-22(25)28)10-20(24(29)27-2)15-12-30-13-15/h3-5,14-15,17,19-20,23H,6-13H2,1-2H3,(H,27,29)/t14?,17?,19?,20?,23?,25-/m1/s1. The fraction of sp³-hybridized carbons (Fsp3) is 0.680. The second-order valence-electron chi connectivity index (χ2n) is 10.2. The number of Topliss-reactive ketones (excluding diaryl/α,β-unsaturated/α-hetero) is 1. The van der Waals surface area contributed by atoms with Crippen molar-refractivity contribution in [1.29, 1.82) is 0 Å². The smallest absolute Gasteiger partial charge is 0.223 e. The van der Waals surface area contributed by atoms with Crippen molar-refractivity contribution in [2.75, 3.05) is 20.3 Å². The number of halogens is 1. The minimum Gasteiger partial charge on any atom is -0.381 e. The van der Waals surface area contributed by atoms with E-state index in [-0.39, 0.29) is 40.8 Å². The van der Waals surface area contributed by atoms with Crippen molar-refractivity contribution in [3.05, 3.63) is 35.1 Å². The van der Waals surface area contributed by atoms with E-state index in [1.807, 2.05) is 6.07 Å². The minimum atomic E-state index is -0.292. The molecule has 1 heterocycles. The van der Waals surface area contributed by atoms with Crippen molar-refractivity contribution in [3.63, 3.8) is 0 Å². The van der Waals surface area contributed by atoms with Gasteiger partial charge in [-0.1, -0.05) is 19.1 Å². The molecule has 5 unspecified atom stereocenters. The van der Waals surface area contributed by atoms with Gasteiger partial charge in [0.15, 0.2) is 0 Å². The third kappa shape index (κ3) is 2.96. The van der Waals surface area contributed by atoms with Crippen LogP contribution in [0.2, 0.25) is 0 Å². The summed E-state index contributed by atoms with van der Waals surface area (Å²) in [6, 6.07) is 5.51. The van der Waals surface area contributed by atoms with E-state index in [9.17, 15) is 14.0 Å². The summed E-state index contributed by atoms with van der Waals surface area (Å²) < 4.78 is 19.8. The molecule has 1 amide bonds. The fourth-order valence-corrected chi connectivity index (χ4v) is 7.36. The topological polar surface area (TPSA) is 55.4 Å². The predicted octanol–water partition coefficient (Wildman–Crippen LogP) is 3.88. The molecular formula is C25H32FNO3. The maximum Gasteiger partial charge on any atom is 0.223 e. The van der Waals surface area contributed by atoms with Gasteiger partial charge >= 0.3 is 0 Å². The maximum absolute atomic E-state index is 14.4. The van der Waals surface area contributed by atoms with Gasteiger partial charge in [0.2, 0.25) is 5.91 Å². The number of hydrogen-bond donors (Lipinski definition) is 1. The number of rotatable bonds is 4. The lowest BCUT2D eigenvalue weighted by Crippen LogP contribution is -2.46. The van der Waals surface area contributed by atoms with Gasteiger partial charge in [-0.2, -0.15) is 0 Å². The van der Waals surface area contributed by atoms with Crippen LogP contribution in [0.1, 0.15) is 56.1 Å². The molecule has 5 rings (SSSR count). The molecule has 1 saturated heterocycles. The highest BCUT2D eigenvalue weighted by Gasteiger charge is 2.59. The first kappa shape index (κ1) is 20.2. The summed E-state index contributed by atoms with van der Waals surface area (Å²) in [6.07, 6.45) is 4.88. The Hall–Kier alpha value is -1.75. The Kier molecular flexibility index (Phi) is 5.00. The van der Waals surface area contributed by atoms with Crippen molar-refractivity contribution < 1.29 is 18.7 Å². The van der Waals surface area contributed by atoms with Crippen molar-refractivity contribution >= 4 is 11.7 Å².